The average Bonchev–Trinajstić information content (AvgIpc) is 2.34. The molecule has 2 rings (SSSR count). The molecule has 0 unspecified atom stereocenters. The van der Waals surface area contributed by atoms with Gasteiger partial charge in [0.1, 0.15) is 17.5 Å². The molecule has 1 aromatic heterocycles. The Kier molecular flexibility index (Phi) is 4.27. The summed E-state index contributed by atoms with van der Waals surface area (Å²) in [5.74, 6) is 1.10. The van der Waals surface area contributed by atoms with Crippen LogP contribution in [0.4, 0.5) is 10.2 Å². The monoisotopic (exact) mass is 297 g/mol. The number of nitrogens with one attached hydrogen (secondary N) is 1. The molecule has 1 heterocycles. The third kappa shape index (κ3) is 3.16. The van der Waals surface area contributed by atoms with Crippen LogP contribution in [0.2, 0.25) is 5.02 Å². The van der Waals surface area contributed by atoms with Crippen LogP contribution >= 0.6 is 23.4 Å². The molecular formula is C13H13ClFN3S. The highest BCUT2D eigenvalue weighted by Crippen LogP contribution is 2.38. The first-order valence-corrected chi connectivity index (χ1v) is 6.86. The number of benzene rings is 1. The van der Waals surface area contributed by atoms with E-state index in [9.17, 15) is 4.39 Å². The molecule has 0 amide bonds. The smallest absolute Gasteiger partial charge is 0.143 e. The fourth-order valence-electron chi connectivity index (χ4n) is 1.66. The summed E-state index contributed by atoms with van der Waals surface area (Å²) in [5, 5.41) is 3.42. The largest absolute Gasteiger partial charge is 0.372 e. The van der Waals surface area contributed by atoms with E-state index in [1.165, 1.54) is 23.9 Å². The van der Waals surface area contributed by atoms with Crippen LogP contribution in [0.1, 0.15) is 11.5 Å². The summed E-state index contributed by atoms with van der Waals surface area (Å²) in [6, 6.07) is 4.34. The standard InChI is InChI=1S/C13H13ClFN3S/c1-7-12(13(16-3)18-8(2)17-7)19-11-5-4-9(15)6-10(11)14/h4-6H,1-3H3,(H,16,17,18). The fourth-order valence-corrected chi connectivity index (χ4v) is 2.90. The van der Waals surface area contributed by atoms with Crippen molar-refractivity contribution in [1.82, 2.24) is 9.97 Å². The first-order valence-electron chi connectivity index (χ1n) is 5.67. The molecule has 19 heavy (non-hydrogen) atoms. The van der Waals surface area contributed by atoms with Crippen LogP contribution in [0.5, 0.6) is 0 Å². The Balaban J connectivity index is 2.43. The number of aromatic nitrogens is 2. The van der Waals surface area contributed by atoms with Gasteiger partial charge in [-0.1, -0.05) is 23.4 Å². The minimum Gasteiger partial charge on any atom is -0.372 e. The van der Waals surface area contributed by atoms with E-state index in [-0.39, 0.29) is 5.82 Å². The maximum Gasteiger partial charge on any atom is 0.143 e. The zero-order chi connectivity index (χ0) is 14.0. The molecule has 0 atom stereocenters. The SMILES string of the molecule is CNc1nc(C)nc(C)c1Sc1ccc(F)cc1Cl. The number of aryl methyl sites for hydroxylation is 2. The van der Waals surface area contributed by atoms with Gasteiger partial charge in [-0.25, -0.2) is 14.4 Å². The maximum atomic E-state index is 13.0. The fraction of sp³-hybridized carbons (Fsp3) is 0.231. The Bertz CT molecular complexity index is 619. The lowest BCUT2D eigenvalue weighted by atomic mass is 10.3. The summed E-state index contributed by atoms with van der Waals surface area (Å²) in [7, 11) is 1.80. The summed E-state index contributed by atoms with van der Waals surface area (Å²) < 4.78 is 13.0. The van der Waals surface area contributed by atoms with Gasteiger partial charge >= 0.3 is 0 Å². The van der Waals surface area contributed by atoms with Crippen molar-refractivity contribution in [3.05, 3.63) is 40.6 Å². The van der Waals surface area contributed by atoms with Crippen LogP contribution < -0.4 is 5.32 Å². The molecule has 0 aliphatic rings. The molecule has 0 saturated carbocycles. The summed E-state index contributed by atoms with van der Waals surface area (Å²) in [4.78, 5) is 10.3. The molecule has 1 aromatic carbocycles. The number of hydrogen-bond acceptors (Lipinski definition) is 4. The topological polar surface area (TPSA) is 37.8 Å². The van der Waals surface area contributed by atoms with E-state index < -0.39 is 0 Å². The average molecular weight is 298 g/mol. The lowest BCUT2D eigenvalue weighted by molar-refractivity contribution is 0.626. The first kappa shape index (κ1) is 14.1. The highest BCUT2D eigenvalue weighted by Gasteiger charge is 2.13. The van der Waals surface area contributed by atoms with Crippen molar-refractivity contribution in [2.45, 2.75) is 23.6 Å². The first-order chi connectivity index (χ1) is 9.01. The van der Waals surface area contributed by atoms with Crippen molar-refractivity contribution >= 4 is 29.2 Å². The molecule has 6 heteroatoms. The highest BCUT2D eigenvalue weighted by molar-refractivity contribution is 7.99. The molecule has 3 nitrogen and oxygen atoms in total. The van der Waals surface area contributed by atoms with E-state index >= 15 is 0 Å². The summed E-state index contributed by atoms with van der Waals surface area (Å²) in [5.41, 5.74) is 0.863. The second kappa shape index (κ2) is 5.75. The Morgan fingerprint density at radius 2 is 2.00 bits per heavy atom. The number of hydrogen-bond donors (Lipinski definition) is 1. The molecule has 100 valence electrons. The molecule has 0 saturated heterocycles. The third-order valence-electron chi connectivity index (χ3n) is 2.49. The van der Waals surface area contributed by atoms with Crippen molar-refractivity contribution in [2.75, 3.05) is 12.4 Å². The molecule has 0 radical (unpaired) electrons. The van der Waals surface area contributed by atoms with Gasteiger partial charge in [0, 0.05) is 11.9 Å². The summed E-state index contributed by atoms with van der Waals surface area (Å²) >= 11 is 7.46. The van der Waals surface area contributed by atoms with Crippen LogP contribution in [0.3, 0.4) is 0 Å². The van der Waals surface area contributed by atoms with Crippen LogP contribution in [-0.2, 0) is 0 Å². The van der Waals surface area contributed by atoms with Gasteiger partial charge in [0.15, 0.2) is 0 Å². The number of nitrogens with zero attached hydrogens (tertiary/aromatic N) is 2. The molecule has 0 spiro atoms. The van der Waals surface area contributed by atoms with Gasteiger partial charge < -0.3 is 5.32 Å². The lowest BCUT2D eigenvalue weighted by Gasteiger charge is -2.12. The Morgan fingerprint density at radius 3 is 2.63 bits per heavy atom. The Labute approximate surface area is 120 Å². The van der Waals surface area contributed by atoms with Crippen LogP contribution in [-0.4, -0.2) is 17.0 Å². The van der Waals surface area contributed by atoms with Crippen molar-refractivity contribution in [2.24, 2.45) is 0 Å². The molecule has 0 aliphatic heterocycles. The number of anilines is 1. The van der Waals surface area contributed by atoms with Gasteiger partial charge in [0.05, 0.1) is 15.6 Å². The Morgan fingerprint density at radius 1 is 1.26 bits per heavy atom. The van der Waals surface area contributed by atoms with Crippen molar-refractivity contribution < 1.29 is 4.39 Å². The molecule has 2 aromatic rings. The predicted octanol–water partition coefficient (Wildman–Crippen LogP) is 4.08. The number of halogens is 2. The highest BCUT2D eigenvalue weighted by atomic mass is 35.5. The van der Waals surface area contributed by atoms with Crippen LogP contribution in [0, 0.1) is 19.7 Å². The minimum atomic E-state index is -0.347. The zero-order valence-corrected chi connectivity index (χ0v) is 12.4. The number of rotatable bonds is 3. The molecule has 0 aliphatic carbocycles. The normalized spacial score (nSPS) is 10.6. The van der Waals surface area contributed by atoms with Gasteiger partial charge in [-0.05, 0) is 32.0 Å². The summed E-state index contributed by atoms with van der Waals surface area (Å²) in [6.45, 7) is 3.75. The van der Waals surface area contributed by atoms with Gasteiger partial charge in [-0.2, -0.15) is 0 Å². The van der Waals surface area contributed by atoms with E-state index in [1.807, 2.05) is 13.8 Å². The van der Waals surface area contributed by atoms with E-state index in [4.69, 9.17) is 11.6 Å². The van der Waals surface area contributed by atoms with Crippen LogP contribution in [0.15, 0.2) is 28.0 Å². The van der Waals surface area contributed by atoms with Crippen molar-refractivity contribution in [1.29, 1.82) is 0 Å². The Hall–Kier alpha value is -1.33. The van der Waals surface area contributed by atoms with Gasteiger partial charge in [0.2, 0.25) is 0 Å². The van der Waals surface area contributed by atoms with E-state index in [2.05, 4.69) is 15.3 Å². The molecule has 0 bridgehead atoms. The van der Waals surface area contributed by atoms with E-state index in [0.29, 0.717) is 10.8 Å². The van der Waals surface area contributed by atoms with Gasteiger partial charge in [0.25, 0.3) is 0 Å². The molecule has 1 N–H and O–H groups in total. The summed E-state index contributed by atoms with van der Waals surface area (Å²) in [6.07, 6.45) is 0. The molecule has 0 fully saturated rings. The van der Waals surface area contributed by atoms with Gasteiger partial charge in [-0.15, -0.1) is 0 Å². The minimum absolute atomic E-state index is 0.347. The predicted molar refractivity (Wildman–Crippen MR) is 76.6 cm³/mol. The van der Waals surface area contributed by atoms with Crippen molar-refractivity contribution in [3.63, 3.8) is 0 Å². The molecular weight excluding hydrogens is 285 g/mol. The zero-order valence-electron chi connectivity index (χ0n) is 10.8. The van der Waals surface area contributed by atoms with E-state index in [0.717, 1.165) is 21.3 Å². The second-order valence-electron chi connectivity index (χ2n) is 3.96. The van der Waals surface area contributed by atoms with E-state index in [1.54, 1.807) is 13.1 Å². The lowest BCUT2D eigenvalue weighted by Crippen LogP contribution is -2.02. The third-order valence-corrected chi connectivity index (χ3v) is 4.18. The van der Waals surface area contributed by atoms with Crippen LogP contribution in [0.25, 0.3) is 0 Å². The maximum absolute atomic E-state index is 13.0. The second-order valence-corrected chi connectivity index (χ2v) is 5.42. The van der Waals surface area contributed by atoms with Crippen molar-refractivity contribution in [3.8, 4) is 0 Å². The van der Waals surface area contributed by atoms with Gasteiger partial charge in [-0.3, -0.25) is 0 Å². The quantitative estimate of drug-likeness (QED) is 0.926.